The first-order chi connectivity index (χ1) is 9.30. The molecule has 1 aliphatic rings. The molecule has 0 bridgehead atoms. The zero-order chi connectivity index (χ0) is 13.2. The van der Waals surface area contributed by atoms with Crippen molar-refractivity contribution in [2.75, 3.05) is 18.5 Å². The van der Waals surface area contributed by atoms with E-state index in [1.807, 2.05) is 0 Å². The lowest BCUT2D eigenvalue weighted by Gasteiger charge is -2.30. The van der Waals surface area contributed by atoms with Crippen molar-refractivity contribution in [3.8, 4) is 0 Å². The number of nitrogens with zero attached hydrogens (tertiary/aromatic N) is 1. The Hall–Kier alpha value is -1.48. The lowest BCUT2D eigenvalue weighted by molar-refractivity contribution is 0.321. The monoisotopic (exact) mass is 244 g/mol. The third-order valence-corrected chi connectivity index (χ3v) is 3.95. The predicted octanol–water partition coefficient (Wildman–Crippen LogP) is 2.86. The van der Waals surface area contributed by atoms with Crippen LogP contribution in [0.1, 0.15) is 26.2 Å². The molecule has 0 unspecified atom stereocenters. The van der Waals surface area contributed by atoms with E-state index in [0.29, 0.717) is 13.6 Å². The minimum Gasteiger partial charge on any atom is -0.361 e. The van der Waals surface area contributed by atoms with E-state index in [1.54, 1.807) is 0 Å². The van der Waals surface area contributed by atoms with Crippen LogP contribution in [0.3, 0.4) is 0 Å². The van der Waals surface area contributed by atoms with Gasteiger partial charge in [0.05, 0.1) is 0 Å². The third-order valence-electron chi connectivity index (χ3n) is 3.95. The summed E-state index contributed by atoms with van der Waals surface area (Å²) in [5, 5.41) is 1.19. The number of hydrogen-bond donors (Lipinski definition) is 2. The Labute approximate surface area is 109 Å². The molecular weight excluding hydrogens is 222 g/mol. The second kappa shape index (κ2) is 4.65. The number of benzene rings is 1. The minimum atomic E-state index is 0.313. The maximum Gasteiger partial charge on any atom is 0.106 e. The molecule has 1 saturated carbocycles. The highest BCUT2D eigenvalue weighted by Gasteiger charge is 2.19. The van der Waals surface area contributed by atoms with Gasteiger partial charge in [0, 0.05) is 32.4 Å². The second-order valence-corrected chi connectivity index (χ2v) is 5.30. The topological polar surface area (TPSA) is 45.0 Å². The van der Waals surface area contributed by atoms with Gasteiger partial charge >= 0.3 is 0 Å². The number of anilines is 1. The van der Waals surface area contributed by atoms with Gasteiger partial charge in [-0.3, -0.25) is 0 Å². The van der Waals surface area contributed by atoms with Crippen molar-refractivity contribution in [3.63, 3.8) is 0 Å². The largest absolute Gasteiger partial charge is 0.361 e. The molecule has 1 aliphatic carbocycles. The fraction of sp³-hybridized carbons (Fsp3) is 0.467. The van der Waals surface area contributed by atoms with Gasteiger partial charge < -0.3 is 15.6 Å². The second-order valence-electron chi connectivity index (χ2n) is 5.30. The summed E-state index contributed by atoms with van der Waals surface area (Å²) in [7, 11) is 0.313. The van der Waals surface area contributed by atoms with E-state index in [0.717, 1.165) is 29.4 Å². The van der Waals surface area contributed by atoms with E-state index in [1.165, 1.54) is 24.6 Å². The van der Waals surface area contributed by atoms with E-state index in [-0.39, 0.29) is 0 Å². The Bertz CT molecular complexity index is 560. The molecule has 0 aliphatic heterocycles. The summed E-state index contributed by atoms with van der Waals surface area (Å²) in [4.78, 5) is 5.56. The molecule has 3 nitrogen and oxygen atoms in total. The number of hydrogen-bond acceptors (Lipinski definition) is 2. The molecule has 96 valence electrons. The molecule has 1 aromatic heterocycles. The number of aromatic amines is 1. The van der Waals surface area contributed by atoms with Crippen molar-refractivity contribution in [3.05, 3.63) is 29.8 Å². The number of rotatable bonds is 4. The Morgan fingerprint density at radius 3 is 3.00 bits per heavy atom. The van der Waals surface area contributed by atoms with Crippen LogP contribution in [0, 0.1) is 5.92 Å². The van der Waals surface area contributed by atoms with Crippen LogP contribution < -0.4 is 10.6 Å². The molecule has 3 N–H and O–H groups in total. The number of nitrogens with one attached hydrogen (secondary N) is 1. The first kappa shape index (κ1) is 10.4. The zero-order valence-electron chi connectivity index (χ0n) is 11.7. The van der Waals surface area contributed by atoms with Crippen LogP contribution >= 0.6 is 0 Å². The van der Waals surface area contributed by atoms with Crippen molar-refractivity contribution in [1.82, 2.24) is 4.98 Å². The van der Waals surface area contributed by atoms with Crippen molar-refractivity contribution in [2.24, 2.45) is 11.7 Å². The normalized spacial score (nSPS) is 16.6. The van der Waals surface area contributed by atoms with Crippen molar-refractivity contribution < 1.29 is 1.37 Å². The van der Waals surface area contributed by atoms with Gasteiger partial charge in [0.2, 0.25) is 0 Å². The molecule has 3 heteroatoms. The highest BCUT2D eigenvalue weighted by atomic mass is 15.2. The Balaban J connectivity index is 1.85. The van der Waals surface area contributed by atoms with Crippen LogP contribution in [0.5, 0.6) is 0 Å². The van der Waals surface area contributed by atoms with Gasteiger partial charge in [0.1, 0.15) is 5.82 Å². The highest BCUT2D eigenvalue weighted by Crippen LogP contribution is 2.29. The molecule has 1 heterocycles. The molecule has 0 atom stereocenters. The molecule has 0 saturated heterocycles. The number of aromatic nitrogens is 1. The standard InChI is InChI=1S/C15H21N3/c1-18(10-11-3-2-4-11)15-8-13-6-5-12(9-16)7-14(13)17-15/h5-8,11,17H,2-4,9-10,16H2,1H3/i1D. The van der Waals surface area contributed by atoms with Crippen LogP contribution in [0.4, 0.5) is 5.82 Å². The van der Waals surface area contributed by atoms with Crippen molar-refractivity contribution in [2.45, 2.75) is 25.8 Å². The number of H-pyrrole nitrogens is 1. The van der Waals surface area contributed by atoms with Crippen LogP contribution in [-0.2, 0) is 6.54 Å². The Morgan fingerprint density at radius 2 is 2.33 bits per heavy atom. The minimum absolute atomic E-state index is 0.313. The molecule has 0 amide bonds. The van der Waals surface area contributed by atoms with E-state index in [4.69, 9.17) is 7.10 Å². The van der Waals surface area contributed by atoms with Crippen molar-refractivity contribution in [1.29, 1.82) is 0 Å². The van der Waals surface area contributed by atoms with E-state index >= 15 is 0 Å². The lowest BCUT2D eigenvalue weighted by atomic mass is 9.85. The van der Waals surface area contributed by atoms with Gasteiger partial charge in [0.15, 0.2) is 0 Å². The zero-order valence-corrected chi connectivity index (χ0v) is 10.7. The van der Waals surface area contributed by atoms with Crippen LogP contribution in [0.25, 0.3) is 10.9 Å². The average Bonchev–Trinajstić information content (AvgIpc) is 2.80. The summed E-state index contributed by atoms with van der Waals surface area (Å²) < 4.78 is 7.73. The number of fused-ring (bicyclic) bond motifs is 1. The van der Waals surface area contributed by atoms with Crippen LogP contribution in [0.2, 0.25) is 0 Å². The summed E-state index contributed by atoms with van der Waals surface area (Å²) in [6, 6.07) is 8.41. The molecule has 3 rings (SSSR count). The fourth-order valence-electron chi connectivity index (χ4n) is 2.54. The van der Waals surface area contributed by atoms with Gasteiger partial charge in [0.25, 0.3) is 0 Å². The van der Waals surface area contributed by atoms with Gasteiger partial charge in [-0.25, -0.2) is 0 Å². The van der Waals surface area contributed by atoms with Crippen LogP contribution in [-0.4, -0.2) is 18.6 Å². The smallest absolute Gasteiger partial charge is 0.106 e. The van der Waals surface area contributed by atoms with Gasteiger partial charge in [-0.15, -0.1) is 0 Å². The van der Waals surface area contributed by atoms with E-state index < -0.39 is 0 Å². The third kappa shape index (κ3) is 2.10. The highest BCUT2D eigenvalue weighted by molar-refractivity contribution is 5.84. The summed E-state index contributed by atoms with van der Waals surface area (Å²) in [6.45, 7) is 1.56. The fourth-order valence-corrected chi connectivity index (χ4v) is 2.54. The van der Waals surface area contributed by atoms with Gasteiger partial charge in [-0.05, 0) is 36.5 Å². The molecule has 1 fully saturated rings. The quantitative estimate of drug-likeness (QED) is 0.868. The van der Waals surface area contributed by atoms with E-state index in [2.05, 4.69) is 34.1 Å². The summed E-state index contributed by atoms with van der Waals surface area (Å²) >= 11 is 0. The van der Waals surface area contributed by atoms with Crippen LogP contribution in [0.15, 0.2) is 24.3 Å². The SMILES string of the molecule is [2H]CN(CC1CCC1)c1cc2ccc(CN)cc2[nH]1. The van der Waals surface area contributed by atoms with Gasteiger partial charge in [-0.1, -0.05) is 18.6 Å². The summed E-state index contributed by atoms with van der Waals surface area (Å²) in [5.74, 6) is 1.84. The lowest BCUT2D eigenvalue weighted by Crippen LogP contribution is -2.29. The molecule has 0 radical (unpaired) electrons. The first-order valence-electron chi connectivity index (χ1n) is 7.37. The predicted molar refractivity (Wildman–Crippen MR) is 76.8 cm³/mol. The molecule has 18 heavy (non-hydrogen) atoms. The Kier molecular flexibility index (Phi) is 2.70. The molecule has 0 spiro atoms. The summed E-state index contributed by atoms with van der Waals surface area (Å²) in [5.41, 5.74) is 7.92. The Morgan fingerprint density at radius 1 is 1.44 bits per heavy atom. The van der Waals surface area contributed by atoms with Crippen molar-refractivity contribution >= 4 is 16.7 Å². The molecule has 1 aromatic carbocycles. The first-order valence-corrected chi connectivity index (χ1v) is 6.66. The number of nitrogens with two attached hydrogens (primary N) is 1. The molecule has 2 aromatic rings. The maximum absolute atomic E-state index is 7.73. The van der Waals surface area contributed by atoms with E-state index in [9.17, 15) is 0 Å². The average molecular weight is 244 g/mol. The molecular formula is C15H21N3. The summed E-state index contributed by atoms with van der Waals surface area (Å²) in [6.07, 6.45) is 3.98. The van der Waals surface area contributed by atoms with Gasteiger partial charge in [-0.2, -0.15) is 0 Å². The maximum atomic E-state index is 7.73.